The Morgan fingerprint density at radius 3 is 2.57 bits per heavy atom. The molecule has 0 spiro atoms. The molecule has 5 aromatic rings. The van der Waals surface area contributed by atoms with Crippen molar-refractivity contribution < 1.29 is 8.81 Å². The Balaban J connectivity index is 1.44. The van der Waals surface area contributed by atoms with E-state index in [1.165, 1.54) is 23.4 Å². The predicted molar refractivity (Wildman–Crippen MR) is 137 cm³/mol. The van der Waals surface area contributed by atoms with Gasteiger partial charge in [-0.05, 0) is 61.7 Å². The van der Waals surface area contributed by atoms with Gasteiger partial charge in [0.2, 0.25) is 5.82 Å². The van der Waals surface area contributed by atoms with Crippen LogP contribution < -0.4 is 10.5 Å². The molecule has 6 nitrogen and oxygen atoms in total. The fourth-order valence-electron chi connectivity index (χ4n) is 4.57. The molecular formula is C28H23FN4O2. The summed E-state index contributed by atoms with van der Waals surface area (Å²) in [4.78, 5) is 20.2. The van der Waals surface area contributed by atoms with Crippen molar-refractivity contribution in [2.24, 2.45) is 5.10 Å². The van der Waals surface area contributed by atoms with Crippen molar-refractivity contribution in [1.82, 2.24) is 9.66 Å². The number of hydrogen-bond acceptors (Lipinski definition) is 5. The second-order valence-corrected chi connectivity index (χ2v) is 8.72. The third-order valence-corrected chi connectivity index (χ3v) is 6.42. The highest BCUT2D eigenvalue weighted by Crippen LogP contribution is 2.27. The summed E-state index contributed by atoms with van der Waals surface area (Å²) in [6.45, 7) is 1.87. The van der Waals surface area contributed by atoms with Crippen LogP contribution in [-0.2, 0) is 0 Å². The lowest BCUT2D eigenvalue weighted by atomic mass is 10.1. The smallest absolute Gasteiger partial charge is 0.282 e. The van der Waals surface area contributed by atoms with Crippen LogP contribution in [0.4, 0.5) is 10.1 Å². The fourth-order valence-corrected chi connectivity index (χ4v) is 4.57. The predicted octanol–water partition coefficient (Wildman–Crippen LogP) is 5.82. The molecule has 35 heavy (non-hydrogen) atoms. The molecule has 0 radical (unpaired) electrons. The van der Waals surface area contributed by atoms with Crippen LogP contribution in [0.2, 0.25) is 0 Å². The fraction of sp³-hybridized carbons (Fsp3) is 0.179. The Labute approximate surface area is 200 Å². The highest BCUT2D eigenvalue weighted by Gasteiger charge is 2.17. The van der Waals surface area contributed by atoms with Gasteiger partial charge in [-0.3, -0.25) is 4.79 Å². The number of hydrogen-bond donors (Lipinski definition) is 0. The summed E-state index contributed by atoms with van der Waals surface area (Å²) < 4.78 is 22.1. The van der Waals surface area contributed by atoms with Crippen LogP contribution in [0.3, 0.4) is 0 Å². The first-order valence-corrected chi connectivity index (χ1v) is 11.8. The molecule has 7 heteroatoms. The number of para-hydroxylation sites is 2. The van der Waals surface area contributed by atoms with E-state index in [1.807, 2.05) is 42.5 Å². The Bertz CT molecular complexity index is 1600. The van der Waals surface area contributed by atoms with Crippen molar-refractivity contribution in [3.05, 3.63) is 94.5 Å². The Morgan fingerprint density at radius 2 is 1.74 bits per heavy atom. The van der Waals surface area contributed by atoms with E-state index in [0.717, 1.165) is 37.0 Å². The van der Waals surface area contributed by atoms with E-state index < -0.39 is 0 Å². The van der Waals surface area contributed by atoms with Gasteiger partial charge in [-0.1, -0.05) is 30.3 Å². The SMILES string of the molecule is O=c1c2ccccc2nc(-c2cc3ccccc3o2)n1N=Cc1ccc(N2CCCCC2)cc1F. The summed E-state index contributed by atoms with van der Waals surface area (Å²) in [6.07, 6.45) is 4.81. The molecule has 0 amide bonds. The van der Waals surface area contributed by atoms with Gasteiger partial charge >= 0.3 is 0 Å². The normalized spacial score (nSPS) is 14.4. The molecule has 6 rings (SSSR count). The van der Waals surface area contributed by atoms with Crippen LogP contribution in [0.1, 0.15) is 24.8 Å². The first-order valence-electron chi connectivity index (χ1n) is 11.8. The molecule has 1 aliphatic heterocycles. The number of rotatable bonds is 4. The summed E-state index contributed by atoms with van der Waals surface area (Å²) >= 11 is 0. The van der Waals surface area contributed by atoms with Crippen LogP contribution in [0.15, 0.2) is 87.1 Å². The number of nitrogens with zero attached hydrogens (tertiary/aromatic N) is 4. The van der Waals surface area contributed by atoms with E-state index in [-0.39, 0.29) is 17.2 Å². The lowest BCUT2D eigenvalue weighted by Gasteiger charge is -2.28. The number of piperidine rings is 1. The minimum absolute atomic E-state index is 0.256. The monoisotopic (exact) mass is 466 g/mol. The van der Waals surface area contributed by atoms with Crippen molar-refractivity contribution in [1.29, 1.82) is 0 Å². The summed E-state index contributed by atoms with van der Waals surface area (Å²) in [5.41, 5.74) is 2.03. The highest BCUT2D eigenvalue weighted by atomic mass is 19.1. The third kappa shape index (κ3) is 3.99. The van der Waals surface area contributed by atoms with E-state index in [1.54, 1.807) is 24.3 Å². The number of furan rings is 1. The van der Waals surface area contributed by atoms with E-state index >= 15 is 0 Å². The second-order valence-electron chi connectivity index (χ2n) is 8.72. The minimum Gasteiger partial charge on any atom is -0.453 e. The van der Waals surface area contributed by atoms with Crippen LogP contribution >= 0.6 is 0 Å². The Kier molecular flexibility index (Phi) is 5.37. The topological polar surface area (TPSA) is 63.6 Å². The molecule has 1 fully saturated rings. The molecule has 3 aromatic carbocycles. The average Bonchev–Trinajstić information content (AvgIpc) is 3.33. The van der Waals surface area contributed by atoms with Crippen LogP contribution in [0.25, 0.3) is 33.5 Å². The van der Waals surface area contributed by atoms with E-state index in [9.17, 15) is 9.18 Å². The van der Waals surface area contributed by atoms with Gasteiger partial charge in [0.15, 0.2) is 5.76 Å². The minimum atomic E-state index is -0.385. The zero-order valence-corrected chi connectivity index (χ0v) is 19.0. The molecule has 0 atom stereocenters. The highest BCUT2D eigenvalue weighted by molar-refractivity contribution is 5.85. The molecule has 0 unspecified atom stereocenters. The zero-order chi connectivity index (χ0) is 23.8. The van der Waals surface area contributed by atoms with Gasteiger partial charge < -0.3 is 9.32 Å². The number of benzene rings is 3. The molecule has 1 saturated heterocycles. The maximum Gasteiger partial charge on any atom is 0.282 e. The van der Waals surface area contributed by atoms with E-state index in [4.69, 9.17) is 4.42 Å². The van der Waals surface area contributed by atoms with E-state index in [0.29, 0.717) is 27.8 Å². The van der Waals surface area contributed by atoms with Crippen molar-refractivity contribution in [3.8, 4) is 11.6 Å². The average molecular weight is 467 g/mol. The van der Waals surface area contributed by atoms with Gasteiger partial charge in [-0.15, -0.1) is 0 Å². The maximum atomic E-state index is 15.0. The number of anilines is 1. The molecule has 1 aliphatic rings. The summed E-state index contributed by atoms with van der Waals surface area (Å²) in [6, 6.07) is 21.6. The summed E-state index contributed by atoms with van der Waals surface area (Å²) in [5, 5.41) is 5.69. The third-order valence-electron chi connectivity index (χ3n) is 6.42. The zero-order valence-electron chi connectivity index (χ0n) is 19.0. The molecule has 0 bridgehead atoms. The van der Waals surface area contributed by atoms with Crippen molar-refractivity contribution in [2.45, 2.75) is 19.3 Å². The Hall–Kier alpha value is -4.26. The number of halogens is 1. The number of fused-ring (bicyclic) bond motifs is 2. The van der Waals surface area contributed by atoms with Crippen LogP contribution in [0.5, 0.6) is 0 Å². The number of aromatic nitrogens is 2. The largest absolute Gasteiger partial charge is 0.453 e. The maximum absolute atomic E-state index is 15.0. The molecule has 3 heterocycles. The summed E-state index contributed by atoms with van der Waals surface area (Å²) in [7, 11) is 0. The van der Waals surface area contributed by atoms with Gasteiger partial charge in [-0.2, -0.15) is 9.78 Å². The lowest BCUT2D eigenvalue weighted by molar-refractivity contribution is 0.574. The van der Waals surface area contributed by atoms with Gasteiger partial charge in [0.25, 0.3) is 5.56 Å². The molecule has 0 N–H and O–H groups in total. The van der Waals surface area contributed by atoms with Crippen LogP contribution in [0, 0.1) is 5.82 Å². The molecule has 174 valence electrons. The van der Waals surface area contributed by atoms with Gasteiger partial charge in [0.1, 0.15) is 11.4 Å². The quantitative estimate of drug-likeness (QED) is 0.313. The van der Waals surface area contributed by atoms with Crippen LogP contribution in [-0.4, -0.2) is 29.0 Å². The lowest BCUT2D eigenvalue weighted by Crippen LogP contribution is -2.29. The first kappa shape index (κ1) is 21.3. The van der Waals surface area contributed by atoms with Crippen molar-refractivity contribution in [3.63, 3.8) is 0 Å². The standard InChI is InChI=1S/C28H23FN4O2/c29-23-17-21(32-14-6-1-7-15-32)13-12-20(23)18-30-33-27(26-16-19-8-2-5-11-25(19)35-26)31-24-10-4-3-9-22(24)28(33)34/h2-5,8-13,16-18H,1,6-7,14-15H2. The summed E-state index contributed by atoms with van der Waals surface area (Å²) in [5.74, 6) is 0.280. The Morgan fingerprint density at radius 1 is 0.943 bits per heavy atom. The molecular weight excluding hydrogens is 443 g/mol. The molecule has 2 aromatic heterocycles. The molecule has 0 saturated carbocycles. The van der Waals surface area contributed by atoms with Crippen molar-refractivity contribution in [2.75, 3.05) is 18.0 Å². The van der Waals surface area contributed by atoms with Gasteiger partial charge in [-0.25, -0.2) is 9.37 Å². The molecule has 0 aliphatic carbocycles. The second kappa shape index (κ2) is 8.83. The van der Waals surface area contributed by atoms with Crippen molar-refractivity contribution >= 4 is 33.8 Å². The first-order chi connectivity index (χ1) is 17.2. The van der Waals surface area contributed by atoms with Gasteiger partial charge in [0.05, 0.1) is 17.1 Å². The van der Waals surface area contributed by atoms with Gasteiger partial charge in [0, 0.05) is 29.7 Å². The van der Waals surface area contributed by atoms with E-state index in [2.05, 4.69) is 15.0 Å².